The predicted molar refractivity (Wildman–Crippen MR) is 124 cm³/mol. The van der Waals surface area contributed by atoms with Crippen molar-refractivity contribution in [3.05, 3.63) is 59.2 Å². The maximum Gasteiger partial charge on any atom is 0.260 e. The largest absolute Gasteiger partial charge is 0.379 e. The van der Waals surface area contributed by atoms with Crippen LogP contribution in [-0.4, -0.2) is 61.0 Å². The molecule has 2 aromatic carbocycles. The van der Waals surface area contributed by atoms with Crippen LogP contribution in [0.25, 0.3) is 10.2 Å². The summed E-state index contributed by atoms with van der Waals surface area (Å²) in [6.07, 6.45) is 0.964. The topological polar surface area (TPSA) is 62.7 Å². The van der Waals surface area contributed by atoms with Gasteiger partial charge in [-0.2, -0.15) is 0 Å². The minimum Gasteiger partial charge on any atom is -0.379 e. The molecule has 3 aromatic rings. The lowest BCUT2D eigenvalue weighted by Gasteiger charge is -2.29. The summed E-state index contributed by atoms with van der Waals surface area (Å²) in [6, 6.07) is 13.1. The summed E-state index contributed by atoms with van der Waals surface area (Å²) in [5, 5.41) is 0.706. The zero-order valence-corrected chi connectivity index (χ0v) is 18.8. The lowest BCUT2D eigenvalue weighted by molar-refractivity contribution is 0.0391. The molecule has 0 N–H and O–H groups in total. The number of carbonyl (C=O) groups excluding carboxylic acids is 2. The Morgan fingerprint density at radius 2 is 1.81 bits per heavy atom. The number of amides is 1. The van der Waals surface area contributed by atoms with Gasteiger partial charge in [0.05, 0.1) is 23.4 Å². The molecule has 0 atom stereocenters. The Balaban J connectivity index is 1.63. The molecule has 1 aliphatic heterocycles. The van der Waals surface area contributed by atoms with Crippen molar-refractivity contribution in [3.63, 3.8) is 0 Å². The Bertz CT molecular complexity index is 1070. The highest BCUT2D eigenvalue weighted by Crippen LogP contribution is 2.30. The van der Waals surface area contributed by atoms with Gasteiger partial charge in [0, 0.05) is 37.3 Å². The van der Waals surface area contributed by atoms with Crippen molar-refractivity contribution in [2.24, 2.45) is 0 Å². The molecule has 1 fully saturated rings. The Morgan fingerprint density at radius 1 is 1.10 bits per heavy atom. The van der Waals surface area contributed by atoms with Crippen molar-refractivity contribution in [1.82, 2.24) is 9.88 Å². The van der Waals surface area contributed by atoms with E-state index in [0.717, 1.165) is 49.5 Å². The molecule has 1 amide bonds. The molecule has 0 spiro atoms. The van der Waals surface area contributed by atoms with Gasteiger partial charge in [0.2, 0.25) is 0 Å². The summed E-state index contributed by atoms with van der Waals surface area (Å²) in [6.45, 7) is 8.15. The van der Waals surface area contributed by atoms with Gasteiger partial charge in [-0.1, -0.05) is 36.5 Å². The molecule has 6 nitrogen and oxygen atoms in total. The monoisotopic (exact) mass is 437 g/mol. The second-order valence-corrected chi connectivity index (χ2v) is 8.71. The molecular weight excluding hydrogens is 410 g/mol. The van der Waals surface area contributed by atoms with Gasteiger partial charge in [-0.25, -0.2) is 4.98 Å². The number of thiazole rings is 1. The highest BCUT2D eigenvalue weighted by Gasteiger charge is 2.23. The van der Waals surface area contributed by atoms with Crippen LogP contribution in [0.1, 0.15) is 40.1 Å². The van der Waals surface area contributed by atoms with Crippen LogP contribution in [-0.2, 0) is 11.2 Å². The number of ketones is 1. The Labute approximate surface area is 186 Å². The van der Waals surface area contributed by atoms with Crippen LogP contribution in [0.4, 0.5) is 5.13 Å². The maximum atomic E-state index is 13.5. The van der Waals surface area contributed by atoms with Crippen molar-refractivity contribution >= 4 is 38.4 Å². The minimum absolute atomic E-state index is 0.0129. The summed E-state index contributed by atoms with van der Waals surface area (Å²) in [5.74, 6) is -0.112. The molecule has 2 heterocycles. The van der Waals surface area contributed by atoms with Crippen molar-refractivity contribution in [1.29, 1.82) is 0 Å². The number of morpholine rings is 1. The Morgan fingerprint density at radius 3 is 2.48 bits per heavy atom. The molecule has 0 saturated carbocycles. The zero-order chi connectivity index (χ0) is 21.8. The molecule has 0 aliphatic carbocycles. The second-order valence-electron chi connectivity index (χ2n) is 7.70. The smallest absolute Gasteiger partial charge is 0.260 e. The van der Waals surface area contributed by atoms with Crippen LogP contribution >= 0.6 is 11.3 Å². The number of hydrogen-bond acceptors (Lipinski definition) is 6. The number of aromatic nitrogens is 1. The van der Waals surface area contributed by atoms with Crippen molar-refractivity contribution in [2.45, 2.75) is 20.3 Å². The van der Waals surface area contributed by atoms with Crippen LogP contribution in [0.5, 0.6) is 0 Å². The van der Waals surface area contributed by atoms with Crippen LogP contribution in [0.3, 0.4) is 0 Å². The average Bonchev–Trinajstić information content (AvgIpc) is 3.22. The quantitative estimate of drug-likeness (QED) is 0.522. The first-order valence-electron chi connectivity index (χ1n) is 10.7. The van der Waals surface area contributed by atoms with E-state index in [0.29, 0.717) is 22.8 Å². The molecule has 0 unspecified atom stereocenters. The number of benzene rings is 2. The molecule has 0 radical (unpaired) electrons. The number of rotatable bonds is 7. The van der Waals surface area contributed by atoms with Crippen LogP contribution < -0.4 is 4.90 Å². The van der Waals surface area contributed by atoms with Gasteiger partial charge >= 0.3 is 0 Å². The SMILES string of the molecule is CCc1ccc2nc(N(CCN3CCOCC3)C(=O)c3ccc(C(C)=O)cc3)sc2c1. The molecular formula is C24H27N3O3S. The molecule has 162 valence electrons. The summed E-state index contributed by atoms with van der Waals surface area (Å²) < 4.78 is 6.53. The number of nitrogens with zero attached hydrogens (tertiary/aromatic N) is 3. The molecule has 7 heteroatoms. The van der Waals surface area contributed by atoms with E-state index in [4.69, 9.17) is 9.72 Å². The number of aryl methyl sites for hydroxylation is 1. The van der Waals surface area contributed by atoms with E-state index in [1.165, 1.54) is 12.5 Å². The number of Topliss-reactive ketones (excluding diaryl/α,β-unsaturated/α-hetero) is 1. The first kappa shape index (κ1) is 21.6. The molecule has 0 bridgehead atoms. The number of ether oxygens (including phenoxy) is 1. The molecule has 1 aliphatic rings. The first-order chi connectivity index (χ1) is 15.0. The third kappa shape index (κ3) is 5.01. The van der Waals surface area contributed by atoms with Crippen LogP contribution in [0.15, 0.2) is 42.5 Å². The lowest BCUT2D eigenvalue weighted by atomic mass is 10.1. The minimum atomic E-state index is -0.0990. The normalized spacial score (nSPS) is 14.6. The van der Waals surface area contributed by atoms with E-state index in [9.17, 15) is 9.59 Å². The summed E-state index contributed by atoms with van der Waals surface area (Å²) in [4.78, 5) is 33.9. The summed E-state index contributed by atoms with van der Waals surface area (Å²) in [5.41, 5.74) is 3.32. The highest BCUT2D eigenvalue weighted by molar-refractivity contribution is 7.22. The lowest BCUT2D eigenvalue weighted by Crippen LogP contribution is -2.43. The van der Waals surface area contributed by atoms with E-state index >= 15 is 0 Å². The predicted octanol–water partition coefficient (Wildman–Crippen LogP) is 4.04. The molecule has 31 heavy (non-hydrogen) atoms. The number of fused-ring (bicyclic) bond motifs is 1. The zero-order valence-electron chi connectivity index (χ0n) is 18.0. The van der Waals surface area contributed by atoms with Crippen LogP contribution in [0, 0.1) is 0 Å². The summed E-state index contributed by atoms with van der Waals surface area (Å²) in [7, 11) is 0. The van der Waals surface area contributed by atoms with Crippen molar-refractivity contribution in [3.8, 4) is 0 Å². The van der Waals surface area contributed by atoms with Gasteiger partial charge < -0.3 is 4.74 Å². The third-order valence-electron chi connectivity index (χ3n) is 5.61. The number of carbonyl (C=O) groups is 2. The van der Waals surface area contributed by atoms with E-state index in [1.807, 2.05) is 6.07 Å². The Hall–Kier alpha value is -2.61. The van der Waals surface area contributed by atoms with Gasteiger partial charge in [0.15, 0.2) is 10.9 Å². The Kier molecular flexibility index (Phi) is 6.75. The van der Waals surface area contributed by atoms with E-state index in [2.05, 4.69) is 24.0 Å². The van der Waals surface area contributed by atoms with Gasteiger partial charge in [-0.3, -0.25) is 19.4 Å². The number of hydrogen-bond donors (Lipinski definition) is 0. The van der Waals surface area contributed by atoms with Crippen molar-refractivity contribution in [2.75, 3.05) is 44.3 Å². The van der Waals surface area contributed by atoms with E-state index < -0.39 is 0 Å². The average molecular weight is 438 g/mol. The van der Waals surface area contributed by atoms with Gasteiger partial charge in [-0.05, 0) is 43.2 Å². The van der Waals surface area contributed by atoms with Gasteiger partial charge in [0.1, 0.15) is 0 Å². The fourth-order valence-corrected chi connectivity index (χ4v) is 4.70. The highest BCUT2D eigenvalue weighted by atomic mass is 32.1. The molecule has 1 aromatic heterocycles. The second kappa shape index (κ2) is 9.68. The maximum absolute atomic E-state index is 13.5. The molecule has 4 rings (SSSR count). The van der Waals surface area contributed by atoms with Crippen molar-refractivity contribution < 1.29 is 14.3 Å². The van der Waals surface area contributed by atoms with Gasteiger partial charge in [-0.15, -0.1) is 0 Å². The third-order valence-corrected chi connectivity index (χ3v) is 6.65. The van der Waals surface area contributed by atoms with Crippen LogP contribution in [0.2, 0.25) is 0 Å². The molecule has 1 saturated heterocycles. The van der Waals surface area contributed by atoms with E-state index in [1.54, 1.807) is 40.5 Å². The van der Waals surface area contributed by atoms with Gasteiger partial charge in [0.25, 0.3) is 5.91 Å². The first-order valence-corrected chi connectivity index (χ1v) is 11.5. The fraction of sp³-hybridized carbons (Fsp3) is 0.375. The van der Waals surface area contributed by atoms with E-state index in [-0.39, 0.29) is 11.7 Å². The fourth-order valence-electron chi connectivity index (χ4n) is 3.65. The number of anilines is 1. The standard InChI is InChI=1S/C24H27N3O3S/c1-3-18-4-9-21-22(16-18)31-24(25-21)27(11-10-26-12-14-30-15-13-26)23(29)20-7-5-19(6-8-20)17(2)28/h4-9,16H,3,10-15H2,1-2H3. The summed E-state index contributed by atoms with van der Waals surface area (Å²) >= 11 is 1.55.